The van der Waals surface area contributed by atoms with Crippen molar-refractivity contribution in [3.8, 4) is 0 Å². The Morgan fingerprint density at radius 1 is 0.737 bits per heavy atom. The number of hydrogen-bond donors (Lipinski definition) is 1. The number of likely N-dealkylation sites (tertiary alicyclic amines) is 1. The van der Waals surface area contributed by atoms with E-state index >= 15 is 0 Å². The summed E-state index contributed by atoms with van der Waals surface area (Å²) in [4.78, 5) is 38.0. The molecule has 0 aliphatic carbocycles. The van der Waals surface area contributed by atoms with Gasteiger partial charge in [-0.3, -0.25) is 14.4 Å². The molecule has 1 aliphatic rings. The number of hydrogen-bond acceptors (Lipinski definition) is 5. The van der Waals surface area contributed by atoms with E-state index < -0.39 is 0 Å². The van der Waals surface area contributed by atoms with Gasteiger partial charge in [0.15, 0.2) is 6.61 Å². The fourth-order valence-corrected chi connectivity index (χ4v) is 4.90. The Kier molecular flexibility index (Phi) is 22.1. The van der Waals surface area contributed by atoms with Gasteiger partial charge in [-0.25, -0.2) is 0 Å². The Bertz CT molecular complexity index is 613. The lowest BCUT2D eigenvalue weighted by Gasteiger charge is -2.16. The van der Waals surface area contributed by atoms with Crippen molar-refractivity contribution in [3.05, 3.63) is 0 Å². The maximum atomic E-state index is 12.3. The molecular weight excluding hydrogens is 480 g/mol. The molecule has 1 rings (SSSR count). The summed E-state index contributed by atoms with van der Waals surface area (Å²) in [5, 5.41) is 2.80. The number of amides is 2. The molecule has 1 atom stereocenters. The fraction of sp³-hybridized carbons (Fsp3) is 0.903. The third-order valence-corrected chi connectivity index (χ3v) is 7.29. The van der Waals surface area contributed by atoms with E-state index in [-0.39, 0.29) is 30.5 Å². The van der Waals surface area contributed by atoms with Gasteiger partial charge in [0.05, 0.1) is 6.10 Å². The van der Waals surface area contributed by atoms with Crippen LogP contribution in [0.5, 0.6) is 0 Å². The van der Waals surface area contributed by atoms with E-state index in [0.29, 0.717) is 25.9 Å². The molecule has 0 bridgehead atoms. The SMILES string of the molecule is CCCCCCCCCCCCCCCC(=O)OCC(=O)NCCCCCC(=O)N1CC[C@H](OCCC)C1. The van der Waals surface area contributed by atoms with Crippen molar-refractivity contribution >= 4 is 17.8 Å². The van der Waals surface area contributed by atoms with Crippen LogP contribution in [-0.2, 0) is 23.9 Å². The van der Waals surface area contributed by atoms with Crippen LogP contribution in [0.1, 0.15) is 142 Å². The molecule has 0 aromatic heterocycles. The Labute approximate surface area is 233 Å². The van der Waals surface area contributed by atoms with Crippen molar-refractivity contribution in [2.45, 2.75) is 148 Å². The second-order valence-corrected chi connectivity index (χ2v) is 10.9. The predicted octanol–water partition coefficient (Wildman–Crippen LogP) is 6.72. The zero-order valence-corrected chi connectivity index (χ0v) is 24.7. The topological polar surface area (TPSA) is 84.9 Å². The number of rotatable bonds is 25. The highest BCUT2D eigenvalue weighted by Gasteiger charge is 2.26. The summed E-state index contributed by atoms with van der Waals surface area (Å²) < 4.78 is 10.8. The van der Waals surface area contributed by atoms with Crippen LogP contribution in [0.15, 0.2) is 0 Å². The molecule has 38 heavy (non-hydrogen) atoms. The molecule has 0 spiro atoms. The van der Waals surface area contributed by atoms with Crippen LogP contribution < -0.4 is 5.32 Å². The summed E-state index contributed by atoms with van der Waals surface area (Å²) in [5.74, 6) is -0.340. The van der Waals surface area contributed by atoms with Crippen molar-refractivity contribution in [1.82, 2.24) is 10.2 Å². The molecule has 0 aromatic carbocycles. The lowest BCUT2D eigenvalue weighted by molar-refractivity contribution is -0.148. The summed E-state index contributed by atoms with van der Waals surface area (Å²) in [6.07, 6.45) is 22.1. The minimum Gasteiger partial charge on any atom is -0.456 e. The van der Waals surface area contributed by atoms with Gasteiger partial charge < -0.3 is 19.7 Å². The third kappa shape index (κ3) is 19.4. The Hall–Kier alpha value is -1.63. The molecule has 2 amide bonds. The Morgan fingerprint density at radius 2 is 1.32 bits per heavy atom. The number of carbonyl (C=O) groups is 3. The van der Waals surface area contributed by atoms with Crippen molar-refractivity contribution in [2.75, 3.05) is 32.8 Å². The molecule has 1 fully saturated rings. The lowest BCUT2D eigenvalue weighted by atomic mass is 10.0. The summed E-state index contributed by atoms with van der Waals surface area (Å²) in [5.41, 5.74) is 0. The number of nitrogens with one attached hydrogen (secondary N) is 1. The van der Waals surface area contributed by atoms with E-state index in [1.54, 1.807) is 0 Å². The molecule has 1 aliphatic heterocycles. The molecule has 0 radical (unpaired) electrons. The van der Waals surface area contributed by atoms with Crippen LogP contribution in [-0.4, -0.2) is 61.6 Å². The Morgan fingerprint density at radius 3 is 1.95 bits per heavy atom. The minimum absolute atomic E-state index is 0.192. The van der Waals surface area contributed by atoms with Crippen LogP contribution in [0, 0.1) is 0 Å². The van der Waals surface area contributed by atoms with Gasteiger partial charge in [0.2, 0.25) is 5.91 Å². The van der Waals surface area contributed by atoms with Crippen LogP contribution in [0.3, 0.4) is 0 Å². The number of carbonyl (C=O) groups excluding carboxylic acids is 3. The van der Waals surface area contributed by atoms with Gasteiger partial charge in [-0.2, -0.15) is 0 Å². The Balaban J connectivity index is 1.85. The number of nitrogens with zero attached hydrogens (tertiary/aromatic N) is 1. The normalized spacial score (nSPS) is 15.1. The second kappa shape index (κ2) is 24.4. The maximum absolute atomic E-state index is 12.3. The average Bonchev–Trinajstić information content (AvgIpc) is 3.40. The molecular formula is C31H58N2O5. The van der Waals surface area contributed by atoms with Gasteiger partial charge in [-0.05, 0) is 32.1 Å². The van der Waals surface area contributed by atoms with Gasteiger partial charge in [-0.1, -0.05) is 97.3 Å². The second-order valence-electron chi connectivity index (χ2n) is 10.9. The van der Waals surface area contributed by atoms with Gasteiger partial charge in [0.1, 0.15) is 0 Å². The molecule has 1 N–H and O–H groups in total. The first kappa shape index (κ1) is 34.4. The maximum Gasteiger partial charge on any atom is 0.306 e. The largest absolute Gasteiger partial charge is 0.456 e. The molecule has 0 unspecified atom stereocenters. The summed E-state index contributed by atoms with van der Waals surface area (Å²) >= 11 is 0. The van der Waals surface area contributed by atoms with Crippen molar-refractivity contribution in [1.29, 1.82) is 0 Å². The van der Waals surface area contributed by atoms with Gasteiger partial charge in [0, 0.05) is 39.1 Å². The summed E-state index contributed by atoms with van der Waals surface area (Å²) in [6, 6.07) is 0. The third-order valence-electron chi connectivity index (χ3n) is 7.29. The highest BCUT2D eigenvalue weighted by Crippen LogP contribution is 2.16. The fourth-order valence-electron chi connectivity index (χ4n) is 4.90. The first-order valence-corrected chi connectivity index (χ1v) is 15.9. The smallest absolute Gasteiger partial charge is 0.306 e. The molecule has 222 valence electrons. The van der Waals surface area contributed by atoms with Crippen molar-refractivity contribution in [3.63, 3.8) is 0 Å². The molecule has 1 heterocycles. The lowest BCUT2D eigenvalue weighted by Crippen LogP contribution is -2.30. The van der Waals surface area contributed by atoms with E-state index in [9.17, 15) is 14.4 Å². The van der Waals surface area contributed by atoms with Crippen molar-refractivity contribution < 1.29 is 23.9 Å². The van der Waals surface area contributed by atoms with Crippen molar-refractivity contribution in [2.24, 2.45) is 0 Å². The van der Waals surface area contributed by atoms with E-state index in [1.165, 1.54) is 70.6 Å². The van der Waals surface area contributed by atoms with E-state index in [4.69, 9.17) is 9.47 Å². The number of unbranched alkanes of at least 4 members (excludes halogenated alkanes) is 14. The molecule has 0 aromatic rings. The van der Waals surface area contributed by atoms with Gasteiger partial charge >= 0.3 is 5.97 Å². The molecule has 7 nitrogen and oxygen atoms in total. The quantitative estimate of drug-likeness (QED) is 0.103. The first-order chi connectivity index (χ1) is 18.6. The zero-order chi connectivity index (χ0) is 27.7. The zero-order valence-electron chi connectivity index (χ0n) is 24.7. The number of ether oxygens (including phenoxy) is 2. The number of esters is 1. The molecule has 0 saturated carbocycles. The molecule has 7 heteroatoms. The van der Waals surface area contributed by atoms with Crippen LogP contribution >= 0.6 is 0 Å². The summed E-state index contributed by atoms with van der Waals surface area (Å²) in [6.45, 7) is 6.96. The van der Waals surface area contributed by atoms with Crippen LogP contribution in [0.2, 0.25) is 0 Å². The highest BCUT2D eigenvalue weighted by molar-refractivity contribution is 5.80. The van der Waals surface area contributed by atoms with Crippen LogP contribution in [0.4, 0.5) is 0 Å². The predicted molar refractivity (Wildman–Crippen MR) is 154 cm³/mol. The first-order valence-electron chi connectivity index (χ1n) is 15.9. The monoisotopic (exact) mass is 538 g/mol. The summed E-state index contributed by atoms with van der Waals surface area (Å²) in [7, 11) is 0. The van der Waals surface area contributed by atoms with Gasteiger partial charge in [0.25, 0.3) is 5.91 Å². The van der Waals surface area contributed by atoms with E-state index in [0.717, 1.165) is 58.1 Å². The highest BCUT2D eigenvalue weighted by atomic mass is 16.5. The van der Waals surface area contributed by atoms with Crippen LogP contribution in [0.25, 0.3) is 0 Å². The van der Waals surface area contributed by atoms with E-state index in [1.807, 2.05) is 4.90 Å². The molecule has 1 saturated heterocycles. The standard InChI is InChI=1S/C31H58N2O5/c1-3-5-6-7-8-9-10-11-12-13-14-15-18-21-31(36)38-27-29(34)32-23-19-16-17-20-30(35)33-24-22-28(26-33)37-25-4-2/h28H,3-27H2,1-2H3,(H,32,34)/t28-/m0/s1. The minimum atomic E-state index is -0.286. The van der Waals surface area contributed by atoms with E-state index in [2.05, 4.69) is 19.2 Å². The van der Waals surface area contributed by atoms with Gasteiger partial charge in [-0.15, -0.1) is 0 Å². The average molecular weight is 539 g/mol.